The fourth-order valence-corrected chi connectivity index (χ4v) is 5.79. The molecule has 5 atom stereocenters. The van der Waals surface area contributed by atoms with Crippen molar-refractivity contribution in [3.05, 3.63) is 12.2 Å². The first-order valence-corrected chi connectivity index (χ1v) is 9.17. The first-order valence-electron chi connectivity index (χ1n) is 9.17. The van der Waals surface area contributed by atoms with Crippen molar-refractivity contribution in [2.24, 2.45) is 28.6 Å². The van der Waals surface area contributed by atoms with Crippen molar-refractivity contribution < 1.29 is 10.2 Å². The highest BCUT2D eigenvalue weighted by Gasteiger charge is 2.54. The zero-order chi connectivity index (χ0) is 16.5. The fraction of sp³-hybridized carbons (Fsp3) is 0.900. The van der Waals surface area contributed by atoms with Crippen molar-refractivity contribution in [2.75, 3.05) is 6.61 Å². The van der Waals surface area contributed by atoms with E-state index in [2.05, 4.69) is 34.3 Å². The third-order valence-corrected chi connectivity index (χ3v) is 6.79. The lowest BCUT2D eigenvalue weighted by molar-refractivity contribution is -0.106. The molecule has 128 valence electrons. The summed E-state index contributed by atoms with van der Waals surface area (Å²) in [5, 5.41) is 19.6. The zero-order valence-corrected chi connectivity index (χ0v) is 15.1. The van der Waals surface area contributed by atoms with Crippen LogP contribution in [0.2, 0.25) is 0 Å². The van der Waals surface area contributed by atoms with E-state index in [0.29, 0.717) is 24.4 Å². The maximum atomic E-state index is 10.5. The van der Waals surface area contributed by atoms with Gasteiger partial charge in [0.25, 0.3) is 0 Å². The summed E-state index contributed by atoms with van der Waals surface area (Å²) in [6, 6.07) is 0. The van der Waals surface area contributed by atoms with Crippen LogP contribution in [-0.4, -0.2) is 22.9 Å². The summed E-state index contributed by atoms with van der Waals surface area (Å²) in [4.78, 5) is 0. The minimum atomic E-state index is -0.167. The molecular weight excluding hydrogens is 272 g/mol. The van der Waals surface area contributed by atoms with Gasteiger partial charge in [-0.3, -0.25) is 0 Å². The number of hydrogen-bond acceptors (Lipinski definition) is 2. The molecule has 2 N–H and O–H groups in total. The second-order valence-corrected chi connectivity index (χ2v) is 9.05. The summed E-state index contributed by atoms with van der Waals surface area (Å²) in [7, 11) is 0. The molecule has 0 aliphatic heterocycles. The van der Waals surface area contributed by atoms with Crippen LogP contribution in [0.1, 0.15) is 72.6 Å². The summed E-state index contributed by atoms with van der Waals surface area (Å²) in [6.45, 7) is 14.0. The van der Waals surface area contributed by atoms with Crippen LogP contribution in [0.5, 0.6) is 0 Å². The van der Waals surface area contributed by atoms with Gasteiger partial charge in [-0.1, -0.05) is 46.3 Å². The molecule has 0 amide bonds. The van der Waals surface area contributed by atoms with E-state index in [0.717, 1.165) is 38.5 Å². The van der Waals surface area contributed by atoms with Crippen molar-refractivity contribution in [2.45, 2.75) is 78.7 Å². The number of aliphatic hydroxyl groups is 2. The molecule has 0 aromatic heterocycles. The third-order valence-electron chi connectivity index (χ3n) is 6.79. The van der Waals surface area contributed by atoms with Crippen LogP contribution in [0.4, 0.5) is 0 Å². The Morgan fingerprint density at radius 1 is 1.23 bits per heavy atom. The van der Waals surface area contributed by atoms with E-state index in [-0.39, 0.29) is 16.9 Å². The van der Waals surface area contributed by atoms with Gasteiger partial charge in [-0.2, -0.15) is 0 Å². The second kappa shape index (κ2) is 6.65. The van der Waals surface area contributed by atoms with Crippen molar-refractivity contribution in [3.8, 4) is 0 Å². The fourth-order valence-electron chi connectivity index (χ4n) is 5.79. The van der Waals surface area contributed by atoms with Crippen LogP contribution < -0.4 is 0 Å². The Morgan fingerprint density at radius 3 is 2.55 bits per heavy atom. The van der Waals surface area contributed by atoms with E-state index in [1.54, 1.807) is 0 Å². The molecule has 0 aromatic carbocycles. The normalized spacial score (nSPS) is 39.4. The van der Waals surface area contributed by atoms with Gasteiger partial charge < -0.3 is 10.2 Å². The average molecular weight is 309 g/mol. The molecule has 2 nitrogen and oxygen atoms in total. The van der Waals surface area contributed by atoms with Crippen LogP contribution in [0, 0.1) is 28.6 Å². The maximum Gasteiger partial charge on any atom is 0.0551 e. The summed E-state index contributed by atoms with van der Waals surface area (Å²) in [5.41, 5.74) is 1.82. The van der Waals surface area contributed by atoms with Crippen LogP contribution in [0.3, 0.4) is 0 Å². The molecule has 0 radical (unpaired) electrons. The minimum absolute atomic E-state index is 0.167. The molecule has 2 heteroatoms. The molecule has 2 fully saturated rings. The van der Waals surface area contributed by atoms with Gasteiger partial charge >= 0.3 is 0 Å². The Kier molecular flexibility index (Phi) is 5.44. The predicted molar refractivity (Wildman–Crippen MR) is 92.6 cm³/mol. The van der Waals surface area contributed by atoms with Gasteiger partial charge in [-0.25, -0.2) is 0 Å². The topological polar surface area (TPSA) is 40.5 Å². The number of rotatable bonds is 5. The van der Waals surface area contributed by atoms with Gasteiger partial charge in [0.05, 0.1) is 6.10 Å². The smallest absolute Gasteiger partial charge is 0.0551 e. The number of fused-ring (bicyclic) bond motifs is 1. The highest BCUT2D eigenvalue weighted by molar-refractivity contribution is 5.16. The highest BCUT2D eigenvalue weighted by atomic mass is 16.3. The monoisotopic (exact) mass is 308 g/mol. The molecule has 0 heterocycles. The lowest BCUT2D eigenvalue weighted by atomic mass is 9.46. The summed E-state index contributed by atoms with van der Waals surface area (Å²) >= 11 is 0. The SMILES string of the molecule is C=C1CCC2C(C)(C)CC(O)CC2(C)C1CCC(C)CCO. The molecule has 0 spiro atoms. The van der Waals surface area contributed by atoms with E-state index in [1.807, 2.05) is 0 Å². The molecule has 0 saturated heterocycles. The highest BCUT2D eigenvalue weighted by Crippen LogP contribution is 2.61. The van der Waals surface area contributed by atoms with Crippen LogP contribution >= 0.6 is 0 Å². The van der Waals surface area contributed by atoms with Gasteiger partial charge in [0.15, 0.2) is 0 Å². The molecule has 22 heavy (non-hydrogen) atoms. The quantitative estimate of drug-likeness (QED) is 0.731. The minimum Gasteiger partial charge on any atom is -0.396 e. The number of aliphatic hydroxyl groups excluding tert-OH is 2. The lowest BCUT2D eigenvalue weighted by Gasteiger charge is -2.59. The van der Waals surface area contributed by atoms with Crippen LogP contribution in [0.25, 0.3) is 0 Å². The lowest BCUT2D eigenvalue weighted by Crippen LogP contribution is -2.53. The third kappa shape index (κ3) is 3.43. The second-order valence-electron chi connectivity index (χ2n) is 9.05. The Bertz CT molecular complexity index is 401. The van der Waals surface area contributed by atoms with Crippen molar-refractivity contribution in [1.82, 2.24) is 0 Å². The maximum absolute atomic E-state index is 10.5. The van der Waals surface area contributed by atoms with Gasteiger partial charge in [-0.15, -0.1) is 0 Å². The standard InChI is InChI=1S/C20H36O2/c1-14(10-11-21)6-8-17-15(2)7-9-18-19(3,4)12-16(22)13-20(17,18)5/h14,16-18,21-22H,2,6-13H2,1,3-5H3. The molecule has 2 saturated carbocycles. The van der Waals surface area contributed by atoms with Crippen molar-refractivity contribution in [3.63, 3.8) is 0 Å². The van der Waals surface area contributed by atoms with Crippen molar-refractivity contribution in [1.29, 1.82) is 0 Å². The predicted octanol–water partition coefficient (Wildman–Crippen LogP) is 4.55. The molecule has 0 bridgehead atoms. The Hall–Kier alpha value is -0.340. The first kappa shape index (κ1) is 18.0. The summed E-state index contributed by atoms with van der Waals surface area (Å²) < 4.78 is 0. The van der Waals surface area contributed by atoms with Crippen molar-refractivity contribution >= 4 is 0 Å². The van der Waals surface area contributed by atoms with E-state index in [4.69, 9.17) is 5.11 Å². The Balaban J connectivity index is 2.17. The largest absolute Gasteiger partial charge is 0.396 e. The molecular formula is C20H36O2. The van der Waals surface area contributed by atoms with Gasteiger partial charge in [0.1, 0.15) is 0 Å². The molecule has 5 unspecified atom stereocenters. The molecule has 2 aliphatic rings. The van der Waals surface area contributed by atoms with E-state index in [9.17, 15) is 5.11 Å². The van der Waals surface area contributed by atoms with Crippen LogP contribution in [-0.2, 0) is 0 Å². The first-order chi connectivity index (χ1) is 10.2. The number of allylic oxidation sites excluding steroid dienone is 1. The van der Waals surface area contributed by atoms with Gasteiger partial charge in [0.2, 0.25) is 0 Å². The average Bonchev–Trinajstić information content (AvgIpc) is 2.35. The molecule has 2 aliphatic carbocycles. The Labute approximate surface area is 137 Å². The molecule has 0 aromatic rings. The van der Waals surface area contributed by atoms with Gasteiger partial charge in [0, 0.05) is 6.61 Å². The van der Waals surface area contributed by atoms with Crippen LogP contribution in [0.15, 0.2) is 12.2 Å². The van der Waals surface area contributed by atoms with E-state index < -0.39 is 0 Å². The Morgan fingerprint density at radius 2 is 1.91 bits per heavy atom. The molecule has 2 rings (SSSR count). The van der Waals surface area contributed by atoms with E-state index in [1.165, 1.54) is 12.0 Å². The zero-order valence-electron chi connectivity index (χ0n) is 15.1. The summed E-state index contributed by atoms with van der Waals surface area (Å²) in [5.74, 6) is 1.79. The van der Waals surface area contributed by atoms with Gasteiger partial charge in [-0.05, 0) is 67.1 Å². The number of hydrogen-bond donors (Lipinski definition) is 2. The van der Waals surface area contributed by atoms with E-state index >= 15 is 0 Å². The summed E-state index contributed by atoms with van der Waals surface area (Å²) in [6.07, 6.45) is 7.30.